The highest BCUT2D eigenvalue weighted by Crippen LogP contribution is 2.33. The van der Waals surface area contributed by atoms with E-state index in [1.165, 1.54) is 11.1 Å². The van der Waals surface area contributed by atoms with Crippen molar-refractivity contribution in [3.63, 3.8) is 0 Å². The number of hydrogen-bond donors (Lipinski definition) is 0. The predicted octanol–water partition coefficient (Wildman–Crippen LogP) is 4.65. The molecule has 2 nitrogen and oxygen atoms in total. The molecule has 3 rings (SSSR count). The summed E-state index contributed by atoms with van der Waals surface area (Å²) in [5.41, 5.74) is 2.63. The van der Waals surface area contributed by atoms with Crippen LogP contribution in [0.5, 0.6) is 0 Å². The Labute approximate surface area is 142 Å². The van der Waals surface area contributed by atoms with Crippen LogP contribution in [0.4, 0.5) is 0 Å². The van der Waals surface area contributed by atoms with E-state index >= 15 is 0 Å². The molecule has 0 N–H and O–H groups in total. The van der Waals surface area contributed by atoms with E-state index in [2.05, 4.69) is 48.2 Å². The second-order valence-electron chi connectivity index (χ2n) is 6.01. The lowest BCUT2D eigenvalue weighted by atomic mass is 9.96. The summed E-state index contributed by atoms with van der Waals surface area (Å²) in [7, 11) is 4.38. The molecule has 1 aliphatic rings. The Bertz CT molecular complexity index is 567. The number of halogens is 2. The molecule has 22 heavy (non-hydrogen) atoms. The zero-order chi connectivity index (χ0) is 15.7. The molecule has 0 bridgehead atoms. The van der Waals surface area contributed by atoms with Gasteiger partial charge in [0.1, 0.15) is 0 Å². The van der Waals surface area contributed by atoms with Gasteiger partial charge < -0.3 is 0 Å². The molecule has 0 spiro atoms. The molecule has 0 saturated carbocycles. The number of benzene rings is 2. The van der Waals surface area contributed by atoms with Crippen molar-refractivity contribution in [3.05, 3.63) is 69.7 Å². The van der Waals surface area contributed by atoms with Crippen LogP contribution in [0.2, 0.25) is 10.0 Å². The van der Waals surface area contributed by atoms with E-state index in [-0.39, 0.29) is 0 Å². The Morgan fingerprint density at radius 1 is 0.682 bits per heavy atom. The zero-order valence-electron chi connectivity index (χ0n) is 12.8. The van der Waals surface area contributed by atoms with Gasteiger partial charge in [-0.15, -0.1) is 0 Å². The fourth-order valence-corrected chi connectivity index (χ4v) is 3.42. The monoisotopic (exact) mass is 334 g/mol. The topological polar surface area (TPSA) is 6.48 Å². The van der Waals surface area contributed by atoms with Gasteiger partial charge in [-0.3, -0.25) is 9.80 Å². The van der Waals surface area contributed by atoms with Gasteiger partial charge in [0.15, 0.2) is 0 Å². The summed E-state index contributed by atoms with van der Waals surface area (Å²) < 4.78 is 0. The number of nitrogens with zero attached hydrogens (tertiary/aromatic N) is 2. The molecule has 2 aromatic carbocycles. The van der Waals surface area contributed by atoms with Gasteiger partial charge in [-0.2, -0.15) is 0 Å². The van der Waals surface area contributed by atoms with Gasteiger partial charge in [0.25, 0.3) is 0 Å². The molecule has 1 heterocycles. The summed E-state index contributed by atoms with van der Waals surface area (Å²) in [4.78, 5) is 4.84. The van der Waals surface area contributed by atoms with Crippen LogP contribution < -0.4 is 0 Å². The van der Waals surface area contributed by atoms with Crippen LogP contribution in [0.25, 0.3) is 0 Å². The van der Waals surface area contributed by atoms with E-state index in [1.807, 2.05) is 24.3 Å². The van der Waals surface area contributed by atoms with Crippen LogP contribution in [0.15, 0.2) is 48.5 Å². The Kier molecular flexibility index (Phi) is 4.74. The molecule has 1 aliphatic heterocycles. The average molecular weight is 335 g/mol. The Hall–Kier alpha value is -1.06. The molecule has 2 atom stereocenters. The third-order valence-electron chi connectivity index (χ3n) is 4.50. The zero-order valence-corrected chi connectivity index (χ0v) is 14.3. The lowest BCUT2D eigenvalue weighted by Gasteiger charge is -2.43. The molecule has 4 heteroatoms. The molecule has 0 unspecified atom stereocenters. The molecule has 0 radical (unpaired) electrons. The molecule has 116 valence electrons. The minimum absolute atomic E-state index is 0.394. The molecule has 0 aromatic heterocycles. The van der Waals surface area contributed by atoms with Crippen LogP contribution >= 0.6 is 23.2 Å². The number of rotatable bonds is 2. The lowest BCUT2D eigenvalue weighted by molar-refractivity contribution is 0.0623. The molecule has 0 aliphatic carbocycles. The SMILES string of the molecule is CN1C[C@@H](c2ccc(Cl)cc2)N(C)C[C@H]1c1ccc(Cl)cc1. The summed E-state index contributed by atoms with van der Waals surface area (Å²) in [6.45, 7) is 1.98. The number of likely N-dealkylation sites (N-methyl/N-ethyl adjacent to an activating group) is 2. The third kappa shape index (κ3) is 3.31. The van der Waals surface area contributed by atoms with Gasteiger partial charge in [0.2, 0.25) is 0 Å². The van der Waals surface area contributed by atoms with Crippen LogP contribution in [0.1, 0.15) is 23.2 Å². The largest absolute Gasteiger partial charge is 0.296 e. The van der Waals surface area contributed by atoms with Crippen molar-refractivity contribution in [1.29, 1.82) is 0 Å². The van der Waals surface area contributed by atoms with Crippen molar-refractivity contribution in [3.8, 4) is 0 Å². The summed E-state index contributed by atoms with van der Waals surface area (Å²) in [6, 6.07) is 17.2. The van der Waals surface area contributed by atoms with Crippen molar-refractivity contribution >= 4 is 23.2 Å². The molecule has 2 aromatic rings. The van der Waals surface area contributed by atoms with E-state index < -0.39 is 0 Å². The fraction of sp³-hybridized carbons (Fsp3) is 0.333. The van der Waals surface area contributed by atoms with Crippen molar-refractivity contribution in [2.45, 2.75) is 12.1 Å². The van der Waals surface area contributed by atoms with Crippen LogP contribution in [-0.4, -0.2) is 37.0 Å². The van der Waals surface area contributed by atoms with Gasteiger partial charge in [0, 0.05) is 35.2 Å². The van der Waals surface area contributed by atoms with Crippen LogP contribution in [0.3, 0.4) is 0 Å². The minimum Gasteiger partial charge on any atom is -0.296 e. The van der Waals surface area contributed by atoms with E-state index in [0.717, 1.165) is 23.1 Å². The maximum absolute atomic E-state index is 6.00. The van der Waals surface area contributed by atoms with Gasteiger partial charge in [0.05, 0.1) is 0 Å². The first-order valence-electron chi connectivity index (χ1n) is 7.46. The van der Waals surface area contributed by atoms with Gasteiger partial charge in [-0.05, 0) is 49.5 Å². The maximum atomic E-state index is 6.00. The minimum atomic E-state index is 0.394. The van der Waals surface area contributed by atoms with Crippen molar-refractivity contribution in [1.82, 2.24) is 9.80 Å². The van der Waals surface area contributed by atoms with Gasteiger partial charge in [-0.1, -0.05) is 47.5 Å². The second kappa shape index (κ2) is 6.59. The number of piperazine rings is 1. The molecular weight excluding hydrogens is 315 g/mol. The first-order valence-corrected chi connectivity index (χ1v) is 8.21. The fourth-order valence-electron chi connectivity index (χ4n) is 3.17. The highest BCUT2D eigenvalue weighted by atomic mass is 35.5. The third-order valence-corrected chi connectivity index (χ3v) is 5.00. The Morgan fingerprint density at radius 3 is 1.32 bits per heavy atom. The van der Waals surface area contributed by atoms with Gasteiger partial charge >= 0.3 is 0 Å². The highest BCUT2D eigenvalue weighted by Gasteiger charge is 2.31. The highest BCUT2D eigenvalue weighted by molar-refractivity contribution is 6.30. The summed E-state index contributed by atoms with van der Waals surface area (Å²) in [6.07, 6.45) is 0. The van der Waals surface area contributed by atoms with E-state index in [0.29, 0.717) is 12.1 Å². The normalized spacial score (nSPS) is 23.6. The molecular formula is C18H20Cl2N2. The standard InChI is InChI=1S/C18H20Cl2N2/c1-21-11-18(14-5-9-16(20)10-6-14)22(2)12-17(21)13-3-7-15(19)8-4-13/h3-10,17-18H,11-12H2,1-2H3/t17-,18-/m0/s1. The molecule has 1 fully saturated rings. The predicted molar refractivity (Wildman–Crippen MR) is 93.6 cm³/mol. The molecule has 1 saturated heterocycles. The van der Waals surface area contributed by atoms with Crippen molar-refractivity contribution in [2.75, 3.05) is 27.2 Å². The quantitative estimate of drug-likeness (QED) is 0.788. The first-order chi connectivity index (χ1) is 10.5. The summed E-state index contributed by atoms with van der Waals surface area (Å²) in [5.74, 6) is 0. The van der Waals surface area contributed by atoms with Gasteiger partial charge in [-0.25, -0.2) is 0 Å². The van der Waals surface area contributed by atoms with Crippen molar-refractivity contribution in [2.24, 2.45) is 0 Å². The first kappa shape index (κ1) is 15.8. The van der Waals surface area contributed by atoms with Crippen molar-refractivity contribution < 1.29 is 0 Å². The Morgan fingerprint density at radius 2 is 1.00 bits per heavy atom. The molecule has 0 amide bonds. The summed E-state index contributed by atoms with van der Waals surface area (Å²) >= 11 is 12.0. The average Bonchev–Trinajstić information content (AvgIpc) is 2.51. The van der Waals surface area contributed by atoms with Crippen LogP contribution in [0, 0.1) is 0 Å². The van der Waals surface area contributed by atoms with Crippen LogP contribution in [-0.2, 0) is 0 Å². The van der Waals surface area contributed by atoms with E-state index in [1.54, 1.807) is 0 Å². The summed E-state index contributed by atoms with van der Waals surface area (Å²) in [5, 5.41) is 1.57. The lowest BCUT2D eigenvalue weighted by Crippen LogP contribution is -2.46. The Balaban J connectivity index is 1.79. The second-order valence-corrected chi connectivity index (χ2v) is 6.89. The van der Waals surface area contributed by atoms with E-state index in [4.69, 9.17) is 23.2 Å². The number of hydrogen-bond acceptors (Lipinski definition) is 2. The maximum Gasteiger partial charge on any atom is 0.0473 e. The van der Waals surface area contributed by atoms with E-state index in [9.17, 15) is 0 Å². The smallest absolute Gasteiger partial charge is 0.0473 e.